The average Bonchev–Trinajstić information content (AvgIpc) is 2.48. The molecule has 0 radical (unpaired) electrons. The summed E-state index contributed by atoms with van der Waals surface area (Å²) in [6, 6.07) is 14.0. The van der Waals surface area contributed by atoms with Crippen LogP contribution in [0.2, 0.25) is 0 Å². The lowest BCUT2D eigenvalue weighted by Gasteiger charge is -2.23. The number of nitrogens with zero attached hydrogens (tertiary/aromatic N) is 4. The maximum atomic E-state index is 8.84. The quantitative estimate of drug-likeness (QED) is 0.902. The molecule has 0 atom stereocenters. The third kappa shape index (κ3) is 3.23. The molecular weight excluding hydrogens is 250 g/mol. The van der Waals surface area contributed by atoms with Gasteiger partial charge in [0.1, 0.15) is 5.82 Å². The van der Waals surface area contributed by atoms with Crippen LogP contribution in [0, 0.1) is 18.3 Å². The van der Waals surface area contributed by atoms with E-state index in [9.17, 15) is 0 Å². The smallest absolute Gasteiger partial charge is 0.224 e. The lowest BCUT2D eigenvalue weighted by molar-refractivity contribution is 0.916. The van der Waals surface area contributed by atoms with Crippen molar-refractivity contribution >= 4 is 17.5 Å². The van der Waals surface area contributed by atoms with Gasteiger partial charge in [-0.25, -0.2) is 4.98 Å². The van der Waals surface area contributed by atoms with E-state index in [0.29, 0.717) is 18.9 Å². The number of rotatable bonds is 5. The van der Waals surface area contributed by atoms with E-state index in [-0.39, 0.29) is 0 Å². The Morgan fingerprint density at radius 3 is 2.65 bits per heavy atom. The molecule has 1 aromatic heterocycles. The molecule has 1 aromatic carbocycles. The van der Waals surface area contributed by atoms with Crippen LogP contribution >= 0.6 is 0 Å². The summed E-state index contributed by atoms with van der Waals surface area (Å²) in [7, 11) is 1.79. The molecule has 1 heterocycles. The van der Waals surface area contributed by atoms with Gasteiger partial charge in [-0.3, -0.25) is 0 Å². The van der Waals surface area contributed by atoms with Crippen LogP contribution in [0.1, 0.15) is 12.1 Å². The van der Waals surface area contributed by atoms with Crippen LogP contribution in [0.15, 0.2) is 36.4 Å². The van der Waals surface area contributed by atoms with E-state index in [4.69, 9.17) is 5.26 Å². The van der Waals surface area contributed by atoms with E-state index in [1.165, 1.54) is 0 Å². The molecule has 0 aliphatic carbocycles. The molecule has 0 aliphatic heterocycles. The maximum Gasteiger partial charge on any atom is 0.224 e. The zero-order valence-electron chi connectivity index (χ0n) is 11.7. The van der Waals surface area contributed by atoms with E-state index in [1.54, 1.807) is 7.05 Å². The van der Waals surface area contributed by atoms with Gasteiger partial charge in [0.05, 0.1) is 12.5 Å². The highest BCUT2D eigenvalue weighted by atomic mass is 15.2. The predicted octanol–water partition coefficient (Wildman–Crippen LogP) is 2.88. The average molecular weight is 267 g/mol. The van der Waals surface area contributed by atoms with Crippen LogP contribution in [-0.4, -0.2) is 23.6 Å². The van der Waals surface area contributed by atoms with Gasteiger partial charge in [0.25, 0.3) is 0 Å². The second-order valence-electron chi connectivity index (χ2n) is 4.34. The number of nitriles is 1. The number of aromatic nitrogens is 2. The highest BCUT2D eigenvalue weighted by Crippen LogP contribution is 2.24. The zero-order valence-corrected chi connectivity index (χ0v) is 11.7. The Balaban J connectivity index is 2.41. The molecule has 5 nitrogen and oxygen atoms in total. The van der Waals surface area contributed by atoms with Crippen LogP contribution in [0.4, 0.5) is 17.5 Å². The van der Waals surface area contributed by atoms with Gasteiger partial charge in [-0.05, 0) is 19.1 Å². The molecule has 20 heavy (non-hydrogen) atoms. The van der Waals surface area contributed by atoms with Crippen molar-refractivity contribution in [2.24, 2.45) is 0 Å². The van der Waals surface area contributed by atoms with E-state index in [0.717, 1.165) is 17.2 Å². The minimum absolute atomic E-state index is 0.437. The lowest BCUT2D eigenvalue weighted by Crippen LogP contribution is -2.20. The van der Waals surface area contributed by atoms with Crippen molar-refractivity contribution in [2.75, 3.05) is 23.8 Å². The fraction of sp³-hybridized carbons (Fsp3) is 0.267. The first-order valence-corrected chi connectivity index (χ1v) is 6.47. The van der Waals surface area contributed by atoms with E-state index in [1.807, 2.05) is 48.2 Å². The Hall–Kier alpha value is -2.61. The van der Waals surface area contributed by atoms with Gasteiger partial charge in [-0.1, -0.05) is 18.2 Å². The molecule has 0 fully saturated rings. The first-order valence-electron chi connectivity index (χ1n) is 6.47. The minimum Gasteiger partial charge on any atom is -0.357 e. The van der Waals surface area contributed by atoms with Crippen LogP contribution < -0.4 is 10.2 Å². The number of anilines is 3. The summed E-state index contributed by atoms with van der Waals surface area (Å²) in [6.45, 7) is 2.53. The van der Waals surface area contributed by atoms with Gasteiger partial charge in [0.2, 0.25) is 5.95 Å². The van der Waals surface area contributed by atoms with Crippen LogP contribution in [0.3, 0.4) is 0 Å². The molecule has 5 heteroatoms. The molecular formula is C15H17N5. The minimum atomic E-state index is 0.437. The van der Waals surface area contributed by atoms with E-state index >= 15 is 0 Å². The Labute approximate surface area is 118 Å². The third-order valence-corrected chi connectivity index (χ3v) is 2.86. The fourth-order valence-electron chi connectivity index (χ4n) is 1.95. The van der Waals surface area contributed by atoms with E-state index in [2.05, 4.69) is 21.4 Å². The van der Waals surface area contributed by atoms with Gasteiger partial charge in [-0.15, -0.1) is 0 Å². The van der Waals surface area contributed by atoms with Gasteiger partial charge in [-0.2, -0.15) is 10.2 Å². The molecule has 0 bridgehead atoms. The molecule has 0 aliphatic rings. The Kier molecular flexibility index (Phi) is 4.51. The van der Waals surface area contributed by atoms with Crippen LogP contribution in [0.25, 0.3) is 0 Å². The number of aryl methyl sites for hydroxylation is 1. The molecule has 2 aromatic rings. The lowest BCUT2D eigenvalue weighted by atomic mass is 10.2. The van der Waals surface area contributed by atoms with Gasteiger partial charge < -0.3 is 10.2 Å². The van der Waals surface area contributed by atoms with E-state index < -0.39 is 0 Å². The summed E-state index contributed by atoms with van der Waals surface area (Å²) in [5.74, 6) is 1.38. The highest BCUT2D eigenvalue weighted by molar-refractivity contribution is 5.61. The van der Waals surface area contributed by atoms with Crippen molar-refractivity contribution in [1.29, 1.82) is 5.26 Å². The molecule has 0 unspecified atom stereocenters. The molecule has 102 valence electrons. The molecule has 0 saturated heterocycles. The topological polar surface area (TPSA) is 64.8 Å². The molecule has 0 amide bonds. The first-order chi connectivity index (χ1) is 9.74. The molecule has 0 spiro atoms. The summed E-state index contributed by atoms with van der Waals surface area (Å²) in [6.07, 6.45) is 0.437. The molecule has 2 rings (SSSR count). The van der Waals surface area contributed by atoms with Crippen molar-refractivity contribution in [3.05, 3.63) is 42.1 Å². The molecule has 0 saturated carbocycles. The fourth-order valence-corrected chi connectivity index (χ4v) is 1.95. The first kappa shape index (κ1) is 13.8. The number of para-hydroxylation sites is 1. The molecule has 1 N–H and O–H groups in total. The Bertz CT molecular complexity index is 603. The van der Waals surface area contributed by atoms with Crippen molar-refractivity contribution in [3.63, 3.8) is 0 Å². The zero-order chi connectivity index (χ0) is 14.4. The second-order valence-corrected chi connectivity index (χ2v) is 4.34. The largest absolute Gasteiger partial charge is 0.357 e. The summed E-state index contributed by atoms with van der Waals surface area (Å²) in [5, 5.41) is 11.8. The number of hydrogen-bond acceptors (Lipinski definition) is 5. The normalized spacial score (nSPS) is 9.85. The maximum absolute atomic E-state index is 8.84. The van der Waals surface area contributed by atoms with Crippen LogP contribution in [-0.2, 0) is 0 Å². The Morgan fingerprint density at radius 2 is 2.00 bits per heavy atom. The van der Waals surface area contributed by atoms with Gasteiger partial charge >= 0.3 is 0 Å². The number of hydrogen-bond donors (Lipinski definition) is 1. The van der Waals surface area contributed by atoms with Crippen molar-refractivity contribution < 1.29 is 0 Å². The summed E-state index contributed by atoms with van der Waals surface area (Å²) >= 11 is 0. The summed E-state index contributed by atoms with van der Waals surface area (Å²) in [4.78, 5) is 10.8. The number of nitrogens with one attached hydrogen (secondary N) is 1. The van der Waals surface area contributed by atoms with Crippen LogP contribution in [0.5, 0.6) is 0 Å². The van der Waals surface area contributed by atoms with Crippen molar-refractivity contribution in [2.45, 2.75) is 13.3 Å². The second kappa shape index (κ2) is 6.53. The summed E-state index contributed by atoms with van der Waals surface area (Å²) in [5.41, 5.74) is 1.90. The highest BCUT2D eigenvalue weighted by Gasteiger charge is 2.12. The van der Waals surface area contributed by atoms with Gasteiger partial charge in [0, 0.05) is 31.0 Å². The predicted molar refractivity (Wildman–Crippen MR) is 80.0 cm³/mol. The Morgan fingerprint density at radius 1 is 1.25 bits per heavy atom. The SMILES string of the molecule is CNc1nc(C)cc(N(CCC#N)c2ccccc2)n1. The monoisotopic (exact) mass is 267 g/mol. The van der Waals surface area contributed by atoms with Crippen molar-refractivity contribution in [1.82, 2.24) is 9.97 Å². The number of benzene rings is 1. The van der Waals surface area contributed by atoms with Crippen molar-refractivity contribution in [3.8, 4) is 6.07 Å². The third-order valence-electron chi connectivity index (χ3n) is 2.86. The standard InChI is InChI=1S/C15H17N5/c1-12-11-14(19-15(17-2)18-12)20(10-6-9-16)13-7-4-3-5-8-13/h3-5,7-8,11H,6,10H2,1-2H3,(H,17,18,19). The van der Waals surface area contributed by atoms with Gasteiger partial charge in [0.15, 0.2) is 0 Å². The summed E-state index contributed by atoms with van der Waals surface area (Å²) < 4.78 is 0.